The number of hydrogen-bond acceptors (Lipinski definition) is 4. The van der Waals surface area contributed by atoms with Crippen molar-refractivity contribution in [3.8, 4) is 0 Å². The molecule has 3 N–H and O–H groups in total. The molecule has 2 heterocycles. The van der Waals surface area contributed by atoms with Gasteiger partial charge in [0.1, 0.15) is 0 Å². The Labute approximate surface area is 189 Å². The molecule has 2 aromatic rings. The molecule has 1 aromatic carbocycles. The Bertz CT molecular complexity index is 888. The molecule has 8 nitrogen and oxygen atoms in total. The summed E-state index contributed by atoms with van der Waals surface area (Å²) >= 11 is 0. The molecule has 3 rings (SSSR count). The number of guanidine groups is 1. The summed E-state index contributed by atoms with van der Waals surface area (Å²) in [5, 5.41) is 9.30. The predicted molar refractivity (Wildman–Crippen MR) is 125 cm³/mol. The van der Waals surface area contributed by atoms with Gasteiger partial charge in [0.25, 0.3) is 5.91 Å². The number of pyridine rings is 1. The third-order valence-electron chi connectivity index (χ3n) is 5.29. The lowest BCUT2D eigenvalue weighted by Gasteiger charge is -2.16. The van der Waals surface area contributed by atoms with Crippen LogP contribution < -0.4 is 16.0 Å². The van der Waals surface area contributed by atoms with Gasteiger partial charge in [-0.15, -0.1) is 0 Å². The zero-order valence-electron chi connectivity index (χ0n) is 18.6. The van der Waals surface area contributed by atoms with E-state index in [0.717, 1.165) is 26.1 Å². The topological polar surface area (TPSA) is 98.7 Å². The number of hydrogen-bond donors (Lipinski definition) is 3. The number of nitrogens with zero attached hydrogens (tertiary/aromatic N) is 3. The van der Waals surface area contributed by atoms with Gasteiger partial charge in [-0.25, -0.2) is 0 Å². The van der Waals surface area contributed by atoms with Gasteiger partial charge >= 0.3 is 0 Å². The smallest absolute Gasteiger partial charge is 0.252 e. The maximum absolute atomic E-state index is 12.4. The van der Waals surface area contributed by atoms with E-state index >= 15 is 0 Å². The van der Waals surface area contributed by atoms with Gasteiger partial charge in [0, 0.05) is 64.0 Å². The minimum absolute atomic E-state index is 0.151. The van der Waals surface area contributed by atoms with E-state index in [2.05, 4.69) is 38.1 Å². The molecule has 8 heteroatoms. The molecule has 0 bridgehead atoms. The standard InChI is InChI=1S/C24H32N6O2/c1-2-26-24(28-13-12-27-23(32)21-9-6-11-25-17-21)29-16-20-15-22(31)30(18-20)14-10-19-7-4-3-5-8-19/h3-9,11,17,20H,2,10,12-16,18H2,1H3,(H,27,32)(H2,26,28,29). The average molecular weight is 437 g/mol. The third kappa shape index (κ3) is 7.37. The van der Waals surface area contributed by atoms with E-state index in [9.17, 15) is 9.59 Å². The first kappa shape index (κ1) is 23.2. The van der Waals surface area contributed by atoms with Crippen molar-refractivity contribution >= 4 is 17.8 Å². The van der Waals surface area contributed by atoms with Gasteiger partial charge in [0.2, 0.25) is 5.91 Å². The van der Waals surface area contributed by atoms with Gasteiger partial charge in [-0.05, 0) is 31.0 Å². The molecule has 1 aliphatic rings. The summed E-state index contributed by atoms with van der Waals surface area (Å²) in [6, 6.07) is 13.7. The minimum Gasteiger partial charge on any atom is -0.357 e. The van der Waals surface area contributed by atoms with Crippen molar-refractivity contribution in [2.75, 3.05) is 39.3 Å². The van der Waals surface area contributed by atoms with Crippen molar-refractivity contribution in [1.29, 1.82) is 0 Å². The van der Waals surface area contributed by atoms with Crippen LogP contribution in [0.25, 0.3) is 0 Å². The largest absolute Gasteiger partial charge is 0.357 e. The molecule has 1 saturated heterocycles. The molecular formula is C24H32N6O2. The number of carbonyl (C=O) groups excluding carboxylic acids is 2. The lowest BCUT2D eigenvalue weighted by Crippen LogP contribution is -2.41. The fourth-order valence-electron chi connectivity index (χ4n) is 3.62. The number of likely N-dealkylation sites (tertiary alicyclic amines) is 1. The van der Waals surface area contributed by atoms with Crippen LogP contribution in [0, 0.1) is 5.92 Å². The van der Waals surface area contributed by atoms with Crippen LogP contribution in [0.4, 0.5) is 0 Å². The van der Waals surface area contributed by atoms with Gasteiger partial charge in [-0.3, -0.25) is 19.6 Å². The summed E-state index contributed by atoms with van der Waals surface area (Å²) in [6.07, 6.45) is 4.59. The first-order chi connectivity index (χ1) is 15.7. The molecule has 0 aliphatic carbocycles. The zero-order chi connectivity index (χ0) is 22.6. The number of carbonyl (C=O) groups is 2. The van der Waals surface area contributed by atoms with Crippen LogP contribution in [0.5, 0.6) is 0 Å². The summed E-state index contributed by atoms with van der Waals surface area (Å²) in [6.45, 7) is 5.84. The van der Waals surface area contributed by atoms with E-state index < -0.39 is 0 Å². The highest BCUT2D eigenvalue weighted by Crippen LogP contribution is 2.18. The molecule has 0 radical (unpaired) electrons. The lowest BCUT2D eigenvalue weighted by molar-refractivity contribution is -0.127. The Balaban J connectivity index is 1.40. The first-order valence-corrected chi connectivity index (χ1v) is 11.2. The second-order valence-electron chi connectivity index (χ2n) is 7.79. The number of amides is 2. The van der Waals surface area contributed by atoms with E-state index in [0.29, 0.717) is 37.6 Å². The quantitative estimate of drug-likeness (QED) is 0.298. The predicted octanol–water partition coefficient (Wildman–Crippen LogP) is 1.46. The Morgan fingerprint density at radius 3 is 2.69 bits per heavy atom. The van der Waals surface area contributed by atoms with E-state index in [1.54, 1.807) is 24.5 Å². The van der Waals surface area contributed by atoms with Crippen LogP contribution in [-0.4, -0.2) is 66.9 Å². The molecule has 2 amide bonds. The van der Waals surface area contributed by atoms with E-state index in [1.165, 1.54) is 5.56 Å². The van der Waals surface area contributed by atoms with Gasteiger partial charge in [-0.2, -0.15) is 0 Å². The van der Waals surface area contributed by atoms with Crippen molar-refractivity contribution < 1.29 is 9.59 Å². The maximum atomic E-state index is 12.4. The van der Waals surface area contributed by atoms with Crippen molar-refractivity contribution in [1.82, 2.24) is 25.8 Å². The number of nitrogens with one attached hydrogen (secondary N) is 3. The second-order valence-corrected chi connectivity index (χ2v) is 7.79. The summed E-state index contributed by atoms with van der Waals surface area (Å²) in [4.78, 5) is 35.0. The van der Waals surface area contributed by atoms with Crippen LogP contribution in [0.2, 0.25) is 0 Å². The molecule has 170 valence electrons. The molecule has 1 fully saturated rings. The number of aromatic nitrogens is 1. The first-order valence-electron chi connectivity index (χ1n) is 11.2. The highest BCUT2D eigenvalue weighted by atomic mass is 16.2. The molecule has 0 saturated carbocycles. The van der Waals surface area contributed by atoms with Gasteiger partial charge in [0.05, 0.1) is 5.56 Å². The van der Waals surface area contributed by atoms with E-state index in [-0.39, 0.29) is 17.7 Å². The Morgan fingerprint density at radius 2 is 1.94 bits per heavy atom. The maximum Gasteiger partial charge on any atom is 0.252 e. The zero-order valence-corrected chi connectivity index (χ0v) is 18.6. The van der Waals surface area contributed by atoms with Crippen molar-refractivity contribution in [2.45, 2.75) is 19.8 Å². The Hall–Kier alpha value is -3.42. The fourth-order valence-corrected chi connectivity index (χ4v) is 3.62. The Morgan fingerprint density at radius 1 is 1.12 bits per heavy atom. The molecule has 0 spiro atoms. The van der Waals surface area contributed by atoms with Crippen molar-refractivity contribution in [2.24, 2.45) is 10.9 Å². The highest BCUT2D eigenvalue weighted by molar-refractivity contribution is 5.93. The number of benzene rings is 1. The lowest BCUT2D eigenvalue weighted by atomic mass is 10.1. The monoisotopic (exact) mass is 436 g/mol. The molecule has 1 atom stereocenters. The van der Waals surface area contributed by atoms with Crippen LogP contribution >= 0.6 is 0 Å². The molecule has 1 unspecified atom stereocenters. The van der Waals surface area contributed by atoms with Crippen molar-refractivity contribution in [3.63, 3.8) is 0 Å². The normalized spacial score (nSPS) is 16.2. The third-order valence-corrected chi connectivity index (χ3v) is 5.29. The molecule has 32 heavy (non-hydrogen) atoms. The average Bonchev–Trinajstić information content (AvgIpc) is 3.19. The van der Waals surface area contributed by atoms with Crippen LogP contribution in [-0.2, 0) is 11.2 Å². The Kier molecular flexibility index (Phi) is 9.04. The van der Waals surface area contributed by atoms with Crippen LogP contribution in [0.1, 0.15) is 29.3 Å². The van der Waals surface area contributed by atoms with Gasteiger partial charge in [-0.1, -0.05) is 30.3 Å². The summed E-state index contributed by atoms with van der Waals surface area (Å²) in [5.74, 6) is 0.969. The number of rotatable bonds is 10. The summed E-state index contributed by atoms with van der Waals surface area (Å²) in [7, 11) is 0. The second kappa shape index (κ2) is 12.4. The van der Waals surface area contributed by atoms with Crippen molar-refractivity contribution in [3.05, 3.63) is 66.0 Å². The summed E-state index contributed by atoms with van der Waals surface area (Å²) < 4.78 is 0. The highest BCUT2D eigenvalue weighted by Gasteiger charge is 2.29. The van der Waals surface area contributed by atoms with Crippen LogP contribution in [0.15, 0.2) is 59.9 Å². The molecule has 1 aromatic heterocycles. The van der Waals surface area contributed by atoms with E-state index in [1.807, 2.05) is 30.0 Å². The molecular weight excluding hydrogens is 404 g/mol. The van der Waals surface area contributed by atoms with E-state index in [4.69, 9.17) is 0 Å². The van der Waals surface area contributed by atoms with Gasteiger partial charge in [0.15, 0.2) is 5.96 Å². The SMILES string of the molecule is CCNC(=NCC1CC(=O)N(CCc2ccccc2)C1)NCCNC(=O)c1cccnc1. The summed E-state index contributed by atoms with van der Waals surface area (Å²) in [5.41, 5.74) is 1.78. The molecule has 1 aliphatic heterocycles. The number of aliphatic imine (C=N–C) groups is 1. The van der Waals surface area contributed by atoms with Gasteiger partial charge < -0.3 is 20.9 Å². The minimum atomic E-state index is -0.151. The van der Waals surface area contributed by atoms with Crippen LogP contribution in [0.3, 0.4) is 0 Å². The fraction of sp³-hybridized carbons (Fsp3) is 0.417.